The van der Waals surface area contributed by atoms with Gasteiger partial charge in [-0.25, -0.2) is 4.79 Å². The molecular formula is C6H9N3O. The molecule has 10 heavy (non-hydrogen) atoms. The van der Waals surface area contributed by atoms with Crippen LogP contribution < -0.4 is 10.6 Å². The van der Waals surface area contributed by atoms with E-state index in [4.69, 9.17) is 5.26 Å². The van der Waals surface area contributed by atoms with Crippen LogP contribution in [0.3, 0.4) is 0 Å². The Morgan fingerprint density at radius 2 is 2.60 bits per heavy atom. The molecule has 1 fully saturated rings. The van der Waals surface area contributed by atoms with Gasteiger partial charge in [0.2, 0.25) is 0 Å². The summed E-state index contributed by atoms with van der Waals surface area (Å²) in [4.78, 5) is 10.5. The minimum absolute atomic E-state index is 0.122. The topological polar surface area (TPSA) is 64.9 Å². The summed E-state index contributed by atoms with van der Waals surface area (Å²) in [6.07, 6.45) is 1.25. The van der Waals surface area contributed by atoms with Crippen molar-refractivity contribution in [1.82, 2.24) is 10.6 Å². The van der Waals surface area contributed by atoms with Gasteiger partial charge in [0.25, 0.3) is 0 Å². The Balaban J connectivity index is 2.20. The molecule has 0 bridgehead atoms. The zero-order valence-corrected chi connectivity index (χ0v) is 5.55. The van der Waals surface area contributed by atoms with Crippen LogP contribution >= 0.6 is 0 Å². The van der Waals surface area contributed by atoms with Crippen molar-refractivity contribution >= 4 is 6.03 Å². The summed E-state index contributed by atoms with van der Waals surface area (Å²) in [7, 11) is 0. The fourth-order valence-electron chi connectivity index (χ4n) is 0.916. The van der Waals surface area contributed by atoms with Gasteiger partial charge in [-0.3, -0.25) is 0 Å². The highest BCUT2D eigenvalue weighted by Gasteiger charge is 2.18. The SMILES string of the molecule is N#CCCC1CNC(=O)N1. The summed E-state index contributed by atoms with van der Waals surface area (Å²) in [5.41, 5.74) is 0. The maximum Gasteiger partial charge on any atom is 0.315 e. The summed E-state index contributed by atoms with van der Waals surface area (Å²) in [6, 6.07) is 2.07. The van der Waals surface area contributed by atoms with Gasteiger partial charge in [-0.1, -0.05) is 0 Å². The van der Waals surface area contributed by atoms with E-state index in [1.54, 1.807) is 0 Å². The van der Waals surface area contributed by atoms with Crippen molar-refractivity contribution in [3.63, 3.8) is 0 Å². The van der Waals surface area contributed by atoms with Crippen molar-refractivity contribution < 1.29 is 4.79 Å². The molecule has 0 aromatic rings. The van der Waals surface area contributed by atoms with Crippen LogP contribution in [-0.4, -0.2) is 18.6 Å². The number of rotatable bonds is 2. The molecule has 1 unspecified atom stereocenters. The van der Waals surface area contributed by atoms with E-state index in [0.29, 0.717) is 13.0 Å². The largest absolute Gasteiger partial charge is 0.336 e. The third-order valence-electron chi connectivity index (χ3n) is 1.45. The molecule has 2 amide bonds. The van der Waals surface area contributed by atoms with Crippen LogP contribution in [-0.2, 0) is 0 Å². The zero-order chi connectivity index (χ0) is 7.40. The van der Waals surface area contributed by atoms with Gasteiger partial charge in [-0.2, -0.15) is 5.26 Å². The highest BCUT2D eigenvalue weighted by Crippen LogP contribution is 1.98. The second-order valence-electron chi connectivity index (χ2n) is 2.25. The van der Waals surface area contributed by atoms with Crippen molar-refractivity contribution in [3.8, 4) is 6.07 Å². The number of carbonyl (C=O) groups is 1. The molecule has 1 saturated heterocycles. The Labute approximate surface area is 59.2 Å². The fourth-order valence-corrected chi connectivity index (χ4v) is 0.916. The van der Waals surface area contributed by atoms with Gasteiger partial charge in [-0.05, 0) is 6.42 Å². The lowest BCUT2D eigenvalue weighted by atomic mass is 10.2. The number of hydrogen-bond donors (Lipinski definition) is 2. The highest BCUT2D eigenvalue weighted by molar-refractivity contribution is 5.76. The van der Waals surface area contributed by atoms with Crippen LogP contribution in [0.5, 0.6) is 0 Å². The predicted octanol–water partition coefficient (Wildman–Crippen LogP) is -0.0284. The quantitative estimate of drug-likeness (QED) is 0.564. The van der Waals surface area contributed by atoms with E-state index >= 15 is 0 Å². The molecule has 0 aromatic carbocycles. The molecule has 2 N–H and O–H groups in total. The van der Waals surface area contributed by atoms with Crippen LogP contribution in [0.2, 0.25) is 0 Å². The molecular weight excluding hydrogens is 130 g/mol. The van der Waals surface area contributed by atoms with Crippen molar-refractivity contribution in [2.45, 2.75) is 18.9 Å². The van der Waals surface area contributed by atoms with Crippen LogP contribution in [0.15, 0.2) is 0 Å². The Morgan fingerprint density at radius 3 is 3.10 bits per heavy atom. The Bertz CT molecular complexity index is 172. The Morgan fingerprint density at radius 1 is 1.80 bits per heavy atom. The molecule has 1 aliphatic rings. The average Bonchev–Trinajstić information content (AvgIpc) is 2.31. The van der Waals surface area contributed by atoms with Crippen molar-refractivity contribution in [2.75, 3.05) is 6.54 Å². The molecule has 0 spiro atoms. The Hall–Kier alpha value is -1.24. The number of nitrogens with one attached hydrogen (secondary N) is 2. The molecule has 54 valence electrons. The first-order chi connectivity index (χ1) is 4.83. The maximum atomic E-state index is 10.5. The number of hydrogen-bond acceptors (Lipinski definition) is 2. The van der Waals surface area contributed by atoms with Gasteiger partial charge in [0.15, 0.2) is 0 Å². The lowest BCUT2D eigenvalue weighted by Crippen LogP contribution is -2.26. The minimum atomic E-state index is -0.122. The smallest absolute Gasteiger partial charge is 0.315 e. The Kier molecular flexibility index (Phi) is 2.11. The molecule has 0 aromatic heterocycles. The van der Waals surface area contributed by atoms with E-state index in [2.05, 4.69) is 10.6 Å². The molecule has 1 atom stereocenters. The third-order valence-corrected chi connectivity index (χ3v) is 1.45. The molecule has 0 aliphatic carbocycles. The normalized spacial score (nSPS) is 23.1. The predicted molar refractivity (Wildman–Crippen MR) is 35.2 cm³/mol. The van der Waals surface area contributed by atoms with Crippen LogP contribution in [0.25, 0.3) is 0 Å². The molecule has 0 saturated carbocycles. The molecule has 0 radical (unpaired) electrons. The first-order valence-electron chi connectivity index (χ1n) is 3.24. The van der Waals surface area contributed by atoms with Gasteiger partial charge in [0, 0.05) is 19.0 Å². The monoisotopic (exact) mass is 139 g/mol. The summed E-state index contributed by atoms with van der Waals surface area (Å²) < 4.78 is 0. The molecule has 4 nitrogen and oxygen atoms in total. The second-order valence-corrected chi connectivity index (χ2v) is 2.25. The zero-order valence-electron chi connectivity index (χ0n) is 5.55. The van der Waals surface area contributed by atoms with E-state index in [-0.39, 0.29) is 12.1 Å². The van der Waals surface area contributed by atoms with Gasteiger partial charge >= 0.3 is 6.03 Å². The van der Waals surface area contributed by atoms with Crippen molar-refractivity contribution in [3.05, 3.63) is 0 Å². The first-order valence-corrected chi connectivity index (χ1v) is 3.24. The van der Waals surface area contributed by atoms with Gasteiger partial charge in [-0.15, -0.1) is 0 Å². The summed E-state index contributed by atoms with van der Waals surface area (Å²) in [6.45, 7) is 0.653. The summed E-state index contributed by atoms with van der Waals surface area (Å²) in [5.74, 6) is 0. The van der Waals surface area contributed by atoms with Crippen LogP contribution in [0.4, 0.5) is 4.79 Å². The number of nitriles is 1. The first kappa shape index (κ1) is 6.87. The van der Waals surface area contributed by atoms with Gasteiger partial charge in [0.05, 0.1) is 6.07 Å². The van der Waals surface area contributed by atoms with E-state index in [0.717, 1.165) is 6.42 Å². The number of urea groups is 1. The van der Waals surface area contributed by atoms with Gasteiger partial charge in [0.1, 0.15) is 0 Å². The molecule has 1 rings (SSSR count). The molecule has 4 heteroatoms. The molecule has 1 heterocycles. The lowest BCUT2D eigenvalue weighted by molar-refractivity contribution is 0.247. The summed E-state index contributed by atoms with van der Waals surface area (Å²) >= 11 is 0. The lowest BCUT2D eigenvalue weighted by Gasteiger charge is -2.02. The van der Waals surface area contributed by atoms with Crippen molar-refractivity contribution in [2.24, 2.45) is 0 Å². The van der Waals surface area contributed by atoms with E-state index < -0.39 is 0 Å². The van der Waals surface area contributed by atoms with Crippen LogP contribution in [0, 0.1) is 11.3 Å². The standard InChI is InChI=1S/C6H9N3O/c7-3-1-2-5-4-8-6(10)9-5/h5H,1-2,4H2,(H2,8,9,10). The second kappa shape index (κ2) is 3.06. The highest BCUT2D eigenvalue weighted by atomic mass is 16.2. The molecule has 1 aliphatic heterocycles. The van der Waals surface area contributed by atoms with E-state index in [1.165, 1.54) is 0 Å². The number of amides is 2. The summed E-state index contributed by atoms with van der Waals surface area (Å²) in [5, 5.41) is 13.5. The van der Waals surface area contributed by atoms with E-state index in [9.17, 15) is 4.79 Å². The van der Waals surface area contributed by atoms with Crippen molar-refractivity contribution in [1.29, 1.82) is 5.26 Å². The fraction of sp³-hybridized carbons (Fsp3) is 0.667. The number of carbonyl (C=O) groups excluding carboxylic acids is 1. The van der Waals surface area contributed by atoms with Crippen LogP contribution in [0.1, 0.15) is 12.8 Å². The third kappa shape index (κ3) is 1.62. The maximum absolute atomic E-state index is 10.5. The van der Waals surface area contributed by atoms with E-state index in [1.807, 2.05) is 6.07 Å². The van der Waals surface area contributed by atoms with Gasteiger partial charge < -0.3 is 10.6 Å². The number of nitrogens with zero attached hydrogens (tertiary/aromatic N) is 1. The average molecular weight is 139 g/mol. The minimum Gasteiger partial charge on any atom is -0.336 e.